The first kappa shape index (κ1) is 26.5. The first-order valence-corrected chi connectivity index (χ1v) is 11.8. The molecule has 1 saturated heterocycles. The van der Waals surface area contributed by atoms with E-state index in [9.17, 15) is 4.79 Å². The highest BCUT2D eigenvalue weighted by Gasteiger charge is 2.48. The molecule has 0 radical (unpaired) electrons. The molecule has 6 heteroatoms. The van der Waals surface area contributed by atoms with Crippen LogP contribution in [0.1, 0.15) is 79.1 Å². The van der Waals surface area contributed by atoms with Gasteiger partial charge in [-0.05, 0) is 25.7 Å². The van der Waals surface area contributed by atoms with Gasteiger partial charge in [0.05, 0.1) is 6.61 Å². The van der Waals surface area contributed by atoms with Crippen LogP contribution in [0.5, 0.6) is 0 Å². The molecule has 172 valence electrons. The Labute approximate surface area is 177 Å². The summed E-state index contributed by atoms with van der Waals surface area (Å²) in [5.41, 5.74) is 0. The lowest BCUT2D eigenvalue weighted by Gasteiger charge is -2.44. The minimum absolute atomic E-state index is 0.303. The van der Waals surface area contributed by atoms with Gasteiger partial charge in [-0.15, -0.1) is 0 Å². The van der Waals surface area contributed by atoms with Crippen molar-refractivity contribution in [1.29, 1.82) is 0 Å². The molecule has 0 amide bonds. The Hall–Kier alpha value is -0.530. The van der Waals surface area contributed by atoms with E-state index in [2.05, 4.69) is 27.7 Å². The van der Waals surface area contributed by atoms with E-state index in [0.717, 1.165) is 57.7 Å². The lowest BCUT2D eigenvalue weighted by Crippen LogP contribution is -2.62. The van der Waals surface area contributed by atoms with Gasteiger partial charge in [0.2, 0.25) is 0 Å². The molecule has 0 aromatic carbocycles. The molecule has 0 aliphatic carbocycles. The van der Waals surface area contributed by atoms with Crippen molar-refractivity contribution in [3.8, 4) is 0 Å². The highest BCUT2D eigenvalue weighted by atomic mass is 16.6. The SMILES string of the molecule is CCCCOCC1O[C@H](C=O)C(OCCCC)[C@@H](OCCCC)[C@H]1OCCCC. The Balaban J connectivity index is 2.94. The maximum absolute atomic E-state index is 11.8. The molecule has 1 heterocycles. The molecule has 0 N–H and O–H groups in total. The number of hydrogen-bond acceptors (Lipinski definition) is 6. The molecule has 2 unspecified atom stereocenters. The smallest absolute Gasteiger partial charge is 0.151 e. The topological polar surface area (TPSA) is 63.2 Å². The van der Waals surface area contributed by atoms with E-state index in [4.69, 9.17) is 23.7 Å². The zero-order valence-electron chi connectivity index (χ0n) is 19.1. The summed E-state index contributed by atoms with van der Waals surface area (Å²) in [6.07, 6.45) is 6.85. The zero-order chi connectivity index (χ0) is 21.3. The summed E-state index contributed by atoms with van der Waals surface area (Å²) in [5, 5.41) is 0. The van der Waals surface area contributed by atoms with Gasteiger partial charge in [-0.1, -0.05) is 53.4 Å². The minimum Gasteiger partial charge on any atom is -0.379 e. The fourth-order valence-electron chi connectivity index (χ4n) is 3.30. The van der Waals surface area contributed by atoms with Crippen molar-refractivity contribution in [3.63, 3.8) is 0 Å². The van der Waals surface area contributed by atoms with Crippen LogP contribution >= 0.6 is 0 Å². The van der Waals surface area contributed by atoms with E-state index in [1.54, 1.807) is 0 Å². The zero-order valence-corrected chi connectivity index (χ0v) is 19.1. The summed E-state index contributed by atoms with van der Waals surface area (Å²) < 4.78 is 30.5. The Kier molecular flexibility index (Phi) is 15.7. The highest BCUT2D eigenvalue weighted by Crippen LogP contribution is 2.28. The van der Waals surface area contributed by atoms with Crippen molar-refractivity contribution >= 4 is 6.29 Å². The van der Waals surface area contributed by atoms with Crippen molar-refractivity contribution in [3.05, 3.63) is 0 Å². The van der Waals surface area contributed by atoms with Gasteiger partial charge in [-0.2, -0.15) is 0 Å². The van der Waals surface area contributed by atoms with Crippen molar-refractivity contribution in [2.75, 3.05) is 33.0 Å². The van der Waals surface area contributed by atoms with Crippen molar-refractivity contribution < 1.29 is 28.5 Å². The summed E-state index contributed by atoms with van der Waals surface area (Å²) in [7, 11) is 0. The molecule has 0 saturated carbocycles. The van der Waals surface area contributed by atoms with Gasteiger partial charge >= 0.3 is 0 Å². The van der Waals surface area contributed by atoms with Gasteiger partial charge in [0.15, 0.2) is 6.29 Å². The molecular formula is C23H44O6. The van der Waals surface area contributed by atoms with Gasteiger partial charge < -0.3 is 28.5 Å². The quantitative estimate of drug-likeness (QED) is 0.245. The summed E-state index contributed by atoms with van der Waals surface area (Å²) in [6.45, 7) is 11.5. The third kappa shape index (κ3) is 9.88. The summed E-state index contributed by atoms with van der Waals surface area (Å²) in [5.74, 6) is 0. The average Bonchev–Trinajstić information content (AvgIpc) is 2.73. The van der Waals surface area contributed by atoms with E-state index in [-0.39, 0.29) is 18.3 Å². The molecule has 1 rings (SSSR count). The summed E-state index contributed by atoms with van der Waals surface area (Å²) in [4.78, 5) is 11.8. The largest absolute Gasteiger partial charge is 0.379 e. The molecule has 0 aromatic heterocycles. The molecule has 0 aromatic rings. The van der Waals surface area contributed by atoms with E-state index in [0.29, 0.717) is 33.0 Å². The highest BCUT2D eigenvalue weighted by molar-refractivity contribution is 5.58. The fourth-order valence-corrected chi connectivity index (χ4v) is 3.30. The monoisotopic (exact) mass is 416 g/mol. The maximum atomic E-state index is 11.8. The van der Waals surface area contributed by atoms with E-state index in [1.165, 1.54) is 0 Å². The van der Waals surface area contributed by atoms with Gasteiger partial charge in [0.1, 0.15) is 30.5 Å². The predicted molar refractivity (Wildman–Crippen MR) is 114 cm³/mol. The van der Waals surface area contributed by atoms with Crippen LogP contribution in [-0.4, -0.2) is 69.8 Å². The van der Waals surface area contributed by atoms with Crippen LogP contribution < -0.4 is 0 Å². The van der Waals surface area contributed by atoms with Crippen molar-refractivity contribution in [2.24, 2.45) is 0 Å². The van der Waals surface area contributed by atoms with Gasteiger partial charge in [-0.25, -0.2) is 0 Å². The number of carbonyl (C=O) groups is 1. The molecule has 29 heavy (non-hydrogen) atoms. The lowest BCUT2D eigenvalue weighted by molar-refractivity contribution is -0.258. The van der Waals surface area contributed by atoms with Crippen LogP contribution in [0.15, 0.2) is 0 Å². The Morgan fingerprint density at radius 1 is 0.690 bits per heavy atom. The van der Waals surface area contributed by atoms with Crippen LogP contribution in [0.2, 0.25) is 0 Å². The third-order valence-corrected chi connectivity index (χ3v) is 5.15. The second-order valence-electron chi connectivity index (χ2n) is 7.77. The average molecular weight is 417 g/mol. The van der Waals surface area contributed by atoms with E-state index >= 15 is 0 Å². The second kappa shape index (κ2) is 17.2. The minimum atomic E-state index is -0.663. The molecule has 0 bridgehead atoms. The van der Waals surface area contributed by atoms with Crippen LogP contribution in [0.4, 0.5) is 0 Å². The third-order valence-electron chi connectivity index (χ3n) is 5.15. The number of ether oxygens (including phenoxy) is 5. The number of aldehydes is 1. The molecule has 6 nitrogen and oxygen atoms in total. The molecular weight excluding hydrogens is 372 g/mol. The molecule has 0 spiro atoms. The lowest BCUT2D eigenvalue weighted by atomic mass is 9.94. The van der Waals surface area contributed by atoms with Gasteiger partial charge in [0, 0.05) is 26.4 Å². The summed E-state index contributed by atoms with van der Waals surface area (Å²) in [6, 6.07) is 0. The Morgan fingerprint density at radius 3 is 1.69 bits per heavy atom. The van der Waals surface area contributed by atoms with E-state index < -0.39 is 12.2 Å². The first-order chi connectivity index (χ1) is 14.2. The summed E-state index contributed by atoms with van der Waals surface area (Å²) >= 11 is 0. The Bertz CT molecular complexity index is 392. The number of hydrogen-bond donors (Lipinski definition) is 0. The standard InChI is InChI=1S/C23H44O6/c1-5-9-13-25-18-20-22(27-15-11-7-3)23(28-16-12-8-4)21(19(17-24)29-20)26-14-10-6-2/h17,19-23H,5-16,18H2,1-4H3/t19-,20?,21?,22+,23-/m1/s1. The number of carbonyl (C=O) groups excluding carboxylic acids is 1. The van der Waals surface area contributed by atoms with Crippen LogP contribution in [-0.2, 0) is 28.5 Å². The first-order valence-electron chi connectivity index (χ1n) is 11.8. The van der Waals surface area contributed by atoms with E-state index in [1.807, 2.05) is 0 Å². The number of rotatable bonds is 18. The maximum Gasteiger partial charge on any atom is 0.151 e. The fraction of sp³-hybridized carbons (Fsp3) is 0.957. The molecule has 1 aliphatic rings. The molecule has 5 atom stereocenters. The number of unbranched alkanes of at least 4 members (excludes halogenated alkanes) is 4. The van der Waals surface area contributed by atoms with Crippen LogP contribution in [0, 0.1) is 0 Å². The molecule has 1 aliphatic heterocycles. The van der Waals surface area contributed by atoms with Crippen molar-refractivity contribution in [2.45, 2.75) is 110 Å². The normalized spacial score (nSPS) is 27.2. The molecule has 1 fully saturated rings. The Morgan fingerprint density at radius 2 is 1.17 bits per heavy atom. The van der Waals surface area contributed by atoms with Gasteiger partial charge in [0.25, 0.3) is 0 Å². The van der Waals surface area contributed by atoms with Crippen LogP contribution in [0.25, 0.3) is 0 Å². The van der Waals surface area contributed by atoms with Gasteiger partial charge in [-0.3, -0.25) is 0 Å². The second-order valence-corrected chi connectivity index (χ2v) is 7.77. The van der Waals surface area contributed by atoms with Crippen LogP contribution in [0.3, 0.4) is 0 Å². The van der Waals surface area contributed by atoms with Crippen molar-refractivity contribution in [1.82, 2.24) is 0 Å². The predicted octanol–water partition coefficient (Wildman–Crippen LogP) is 4.33.